The van der Waals surface area contributed by atoms with E-state index in [1.165, 1.54) is 5.56 Å². The zero-order chi connectivity index (χ0) is 26.5. The van der Waals surface area contributed by atoms with Crippen LogP contribution >= 0.6 is 0 Å². The van der Waals surface area contributed by atoms with Gasteiger partial charge in [-0.2, -0.15) is 0 Å². The fraction of sp³-hybridized carbons (Fsp3) is 0.433. The molecule has 0 spiro atoms. The SMILES string of the molecule is CC(C)Nc1cc2cc(c1)Nc1nccc(n1)-c1ccc(cc1)CN(C)CCCNC(=O)[C@@H]1CCCN1C2. The van der Waals surface area contributed by atoms with Gasteiger partial charge in [0.05, 0.1) is 11.7 Å². The van der Waals surface area contributed by atoms with Crippen LogP contribution in [0, 0.1) is 0 Å². The van der Waals surface area contributed by atoms with Crippen molar-refractivity contribution in [2.45, 2.75) is 58.3 Å². The van der Waals surface area contributed by atoms with Crippen molar-refractivity contribution in [3.63, 3.8) is 0 Å². The van der Waals surface area contributed by atoms with Crippen molar-refractivity contribution in [1.29, 1.82) is 0 Å². The summed E-state index contributed by atoms with van der Waals surface area (Å²) in [4.78, 5) is 27.0. The number of anilines is 3. The second kappa shape index (κ2) is 11.9. The predicted molar refractivity (Wildman–Crippen MR) is 153 cm³/mol. The third kappa shape index (κ3) is 6.68. The Bertz CT molecular complexity index is 1240. The van der Waals surface area contributed by atoms with Gasteiger partial charge in [-0.1, -0.05) is 24.3 Å². The maximum Gasteiger partial charge on any atom is 0.237 e. The number of carbonyl (C=O) groups is 1. The van der Waals surface area contributed by atoms with Crippen LogP contribution in [0.5, 0.6) is 0 Å². The predicted octanol–water partition coefficient (Wildman–Crippen LogP) is 4.62. The first-order valence-electron chi connectivity index (χ1n) is 13.7. The number of nitrogens with one attached hydrogen (secondary N) is 3. The Labute approximate surface area is 225 Å². The molecule has 1 fully saturated rings. The van der Waals surface area contributed by atoms with Gasteiger partial charge in [0.25, 0.3) is 0 Å². The maximum atomic E-state index is 13.1. The van der Waals surface area contributed by atoms with Gasteiger partial charge < -0.3 is 20.9 Å². The molecule has 3 aromatic rings. The summed E-state index contributed by atoms with van der Waals surface area (Å²) in [6.45, 7) is 8.40. The largest absolute Gasteiger partial charge is 0.383 e. The number of fused-ring (bicyclic) bond motifs is 8. The van der Waals surface area contributed by atoms with Crippen LogP contribution in [0.3, 0.4) is 0 Å². The van der Waals surface area contributed by atoms with E-state index in [4.69, 9.17) is 4.98 Å². The normalized spacial score (nSPS) is 19.4. The number of hydrogen-bond acceptors (Lipinski definition) is 7. The topological polar surface area (TPSA) is 85.4 Å². The van der Waals surface area contributed by atoms with Gasteiger partial charge in [0.2, 0.25) is 11.9 Å². The van der Waals surface area contributed by atoms with Crippen molar-refractivity contribution < 1.29 is 4.79 Å². The van der Waals surface area contributed by atoms with E-state index >= 15 is 0 Å². The van der Waals surface area contributed by atoms with Gasteiger partial charge in [-0.3, -0.25) is 9.69 Å². The maximum absolute atomic E-state index is 13.1. The summed E-state index contributed by atoms with van der Waals surface area (Å²) in [7, 11) is 2.13. The molecule has 1 saturated heterocycles. The van der Waals surface area contributed by atoms with Crippen LogP contribution < -0.4 is 16.0 Å². The number of aromatic nitrogens is 2. The molecule has 1 aromatic heterocycles. The van der Waals surface area contributed by atoms with Crippen LogP contribution in [0.25, 0.3) is 11.3 Å². The second-order valence-electron chi connectivity index (χ2n) is 10.8. The van der Waals surface area contributed by atoms with E-state index in [-0.39, 0.29) is 11.9 Å². The van der Waals surface area contributed by atoms with Crippen LogP contribution in [0.15, 0.2) is 54.7 Å². The molecule has 0 aliphatic carbocycles. The Morgan fingerprint density at radius 3 is 2.66 bits per heavy atom. The molecule has 1 atom stereocenters. The lowest BCUT2D eigenvalue weighted by Gasteiger charge is -2.25. The first-order chi connectivity index (χ1) is 18.4. The van der Waals surface area contributed by atoms with E-state index in [1.807, 2.05) is 6.07 Å². The van der Waals surface area contributed by atoms with Gasteiger partial charge in [0, 0.05) is 48.8 Å². The van der Waals surface area contributed by atoms with Gasteiger partial charge >= 0.3 is 0 Å². The number of amides is 1. The quantitative estimate of drug-likeness (QED) is 0.461. The average molecular weight is 514 g/mol. The molecule has 8 heteroatoms. The fourth-order valence-corrected chi connectivity index (χ4v) is 5.38. The summed E-state index contributed by atoms with van der Waals surface area (Å²) in [6, 6.07) is 17.1. The molecule has 1 amide bonds. The first kappa shape index (κ1) is 26.1. The monoisotopic (exact) mass is 513 g/mol. The molecule has 3 aliphatic rings. The molecule has 6 bridgehead atoms. The van der Waals surface area contributed by atoms with Crippen molar-refractivity contribution in [3.8, 4) is 11.3 Å². The molecule has 38 heavy (non-hydrogen) atoms. The number of hydrogen-bond donors (Lipinski definition) is 3. The number of nitrogens with zero attached hydrogens (tertiary/aromatic N) is 4. The average Bonchev–Trinajstić information content (AvgIpc) is 3.34. The third-order valence-corrected chi connectivity index (χ3v) is 7.13. The van der Waals surface area contributed by atoms with Crippen LogP contribution in [0.4, 0.5) is 17.3 Å². The molecule has 200 valence electrons. The first-order valence-corrected chi connectivity index (χ1v) is 13.7. The van der Waals surface area contributed by atoms with Crippen molar-refractivity contribution in [1.82, 2.24) is 25.1 Å². The summed E-state index contributed by atoms with van der Waals surface area (Å²) in [5.41, 5.74) is 6.31. The van der Waals surface area contributed by atoms with E-state index in [0.29, 0.717) is 18.5 Å². The van der Waals surface area contributed by atoms with Gasteiger partial charge in [-0.15, -0.1) is 0 Å². The number of rotatable bonds is 2. The Balaban J connectivity index is 1.47. The molecule has 3 N–H and O–H groups in total. The lowest BCUT2D eigenvalue weighted by molar-refractivity contribution is -0.125. The number of benzene rings is 2. The molecule has 0 radical (unpaired) electrons. The zero-order valence-electron chi connectivity index (χ0n) is 22.7. The Morgan fingerprint density at radius 2 is 1.84 bits per heavy atom. The summed E-state index contributed by atoms with van der Waals surface area (Å²) < 4.78 is 0. The van der Waals surface area contributed by atoms with Crippen LogP contribution in [0.1, 0.15) is 44.2 Å². The Kier molecular flexibility index (Phi) is 8.20. The lowest BCUT2D eigenvalue weighted by atomic mass is 10.1. The Hall–Kier alpha value is -3.49. The van der Waals surface area contributed by atoms with Crippen LogP contribution in [-0.2, 0) is 17.9 Å². The molecule has 0 saturated carbocycles. The minimum absolute atomic E-state index is 0.0850. The van der Waals surface area contributed by atoms with Crippen molar-refractivity contribution in [2.75, 3.05) is 37.3 Å². The summed E-state index contributed by atoms with van der Waals surface area (Å²) >= 11 is 0. The molecule has 8 nitrogen and oxygen atoms in total. The minimum Gasteiger partial charge on any atom is -0.383 e. The zero-order valence-corrected chi connectivity index (χ0v) is 22.7. The highest BCUT2D eigenvalue weighted by molar-refractivity contribution is 5.82. The summed E-state index contributed by atoms with van der Waals surface area (Å²) in [6.07, 6.45) is 4.66. The van der Waals surface area contributed by atoms with Gasteiger partial charge in [0.1, 0.15) is 0 Å². The van der Waals surface area contributed by atoms with E-state index in [1.54, 1.807) is 6.20 Å². The highest BCUT2D eigenvalue weighted by Crippen LogP contribution is 2.27. The number of carbonyl (C=O) groups excluding carboxylic acids is 1. The molecule has 3 aliphatic heterocycles. The second-order valence-corrected chi connectivity index (χ2v) is 10.8. The molecule has 0 unspecified atom stereocenters. The molecule has 6 rings (SSSR count). The third-order valence-electron chi connectivity index (χ3n) is 7.13. The van der Waals surface area contributed by atoms with Gasteiger partial charge in [0.15, 0.2) is 0 Å². The van der Waals surface area contributed by atoms with E-state index in [9.17, 15) is 4.79 Å². The van der Waals surface area contributed by atoms with Crippen molar-refractivity contribution in [3.05, 3.63) is 65.9 Å². The standard InChI is InChI=1S/C30H39N7O/c1-21(2)33-25-16-23-17-26(18-25)34-30-32-13-11-27(35-30)24-9-7-22(8-10-24)19-36(3)14-5-12-31-29(38)28-6-4-15-37(28)20-23/h7-11,13,16-18,21,28,33H,4-6,12,14-15,19-20H2,1-3H3,(H,31,38)(H,32,34,35)/t28-/m0/s1. The summed E-state index contributed by atoms with van der Waals surface area (Å²) in [5.74, 6) is 0.704. The van der Waals surface area contributed by atoms with E-state index < -0.39 is 0 Å². The lowest BCUT2D eigenvalue weighted by Crippen LogP contribution is -2.43. The Morgan fingerprint density at radius 1 is 1.00 bits per heavy atom. The van der Waals surface area contributed by atoms with Crippen molar-refractivity contribution >= 4 is 23.2 Å². The highest BCUT2D eigenvalue weighted by Gasteiger charge is 2.30. The van der Waals surface area contributed by atoms with Gasteiger partial charge in [-0.05, 0) is 88.6 Å². The summed E-state index contributed by atoms with van der Waals surface area (Å²) in [5, 5.41) is 10.2. The molecular weight excluding hydrogens is 474 g/mol. The van der Waals surface area contributed by atoms with E-state index in [2.05, 4.69) is 94.1 Å². The van der Waals surface area contributed by atoms with Crippen LogP contribution in [0.2, 0.25) is 0 Å². The van der Waals surface area contributed by atoms with Crippen LogP contribution in [-0.4, -0.2) is 64.4 Å². The molecule has 2 aromatic carbocycles. The molecule has 4 heterocycles. The minimum atomic E-state index is -0.0850. The van der Waals surface area contributed by atoms with E-state index in [0.717, 1.165) is 73.6 Å². The smallest absolute Gasteiger partial charge is 0.237 e. The van der Waals surface area contributed by atoms with Crippen molar-refractivity contribution in [2.24, 2.45) is 0 Å². The van der Waals surface area contributed by atoms with Gasteiger partial charge in [-0.25, -0.2) is 9.97 Å². The fourth-order valence-electron chi connectivity index (χ4n) is 5.38. The molecular formula is C30H39N7O. The highest BCUT2D eigenvalue weighted by atomic mass is 16.2.